The molecular weight excluding hydrogens is 166 g/mol. The van der Waals surface area contributed by atoms with Gasteiger partial charge in [-0.15, -0.1) is 0 Å². The normalized spacial score (nSPS) is 10.3. The Morgan fingerprint density at radius 3 is 3.08 bits per heavy atom. The van der Waals surface area contributed by atoms with Crippen LogP contribution in [-0.4, -0.2) is 23.6 Å². The smallest absolute Gasteiger partial charge is 0.154 e. The first-order chi connectivity index (χ1) is 6.36. The predicted octanol–water partition coefficient (Wildman–Crippen LogP) is 0.732. The minimum absolute atomic E-state index is 0.494. The molecule has 0 amide bonds. The van der Waals surface area contributed by atoms with E-state index in [4.69, 9.17) is 4.74 Å². The van der Waals surface area contributed by atoms with Crippen LogP contribution in [0, 0.1) is 0 Å². The van der Waals surface area contributed by atoms with Crippen molar-refractivity contribution in [2.75, 3.05) is 13.7 Å². The first kappa shape index (κ1) is 10.1. The minimum Gasteiger partial charge on any atom is -0.374 e. The molecule has 1 N–H and O–H groups in total. The Hall–Kier alpha value is -1.00. The van der Waals surface area contributed by atoms with Crippen LogP contribution in [0.5, 0.6) is 0 Å². The van der Waals surface area contributed by atoms with E-state index in [0.717, 1.165) is 18.1 Å². The van der Waals surface area contributed by atoms with Crippen molar-refractivity contribution < 1.29 is 4.74 Å². The summed E-state index contributed by atoms with van der Waals surface area (Å²) in [7, 11) is 1.89. The van der Waals surface area contributed by atoms with E-state index in [1.807, 2.05) is 20.0 Å². The van der Waals surface area contributed by atoms with Gasteiger partial charge in [-0.2, -0.15) is 0 Å². The summed E-state index contributed by atoms with van der Waals surface area (Å²) < 4.78 is 5.21. The Kier molecular flexibility index (Phi) is 4.35. The van der Waals surface area contributed by atoms with E-state index in [1.165, 1.54) is 0 Å². The monoisotopic (exact) mass is 181 g/mol. The first-order valence-corrected chi connectivity index (χ1v) is 4.40. The average molecular weight is 181 g/mol. The molecule has 0 saturated heterocycles. The Morgan fingerprint density at radius 2 is 2.38 bits per heavy atom. The van der Waals surface area contributed by atoms with Gasteiger partial charge in [-0.05, 0) is 20.0 Å². The molecule has 0 radical (unpaired) electrons. The van der Waals surface area contributed by atoms with Crippen molar-refractivity contribution in [1.82, 2.24) is 15.3 Å². The van der Waals surface area contributed by atoms with Crippen LogP contribution in [-0.2, 0) is 17.9 Å². The van der Waals surface area contributed by atoms with Crippen LogP contribution < -0.4 is 5.32 Å². The van der Waals surface area contributed by atoms with Gasteiger partial charge < -0.3 is 10.1 Å². The summed E-state index contributed by atoms with van der Waals surface area (Å²) in [4.78, 5) is 8.40. The molecule has 4 nitrogen and oxygen atoms in total. The van der Waals surface area contributed by atoms with Gasteiger partial charge in [0.1, 0.15) is 6.61 Å². The fourth-order valence-electron chi connectivity index (χ4n) is 0.984. The van der Waals surface area contributed by atoms with Crippen LogP contribution >= 0.6 is 0 Å². The number of nitrogens with one attached hydrogen (secondary N) is 1. The third kappa shape index (κ3) is 3.48. The fraction of sp³-hybridized carbons (Fsp3) is 0.556. The van der Waals surface area contributed by atoms with Crippen molar-refractivity contribution in [3.63, 3.8) is 0 Å². The standard InChI is InChI=1S/C9H15N3O/c1-3-13-7-9-11-5-4-8(12-9)6-10-2/h4-5,10H,3,6-7H2,1-2H3. The quantitative estimate of drug-likeness (QED) is 0.727. The van der Waals surface area contributed by atoms with Crippen LogP contribution in [0.2, 0.25) is 0 Å². The van der Waals surface area contributed by atoms with Crippen molar-refractivity contribution in [3.05, 3.63) is 23.8 Å². The lowest BCUT2D eigenvalue weighted by Gasteiger charge is -2.02. The minimum atomic E-state index is 0.494. The molecule has 13 heavy (non-hydrogen) atoms. The molecule has 0 aliphatic heterocycles. The van der Waals surface area contributed by atoms with Gasteiger partial charge in [-0.3, -0.25) is 0 Å². The molecule has 0 bridgehead atoms. The molecule has 0 aliphatic rings. The number of rotatable bonds is 5. The van der Waals surface area contributed by atoms with Crippen molar-refractivity contribution in [3.8, 4) is 0 Å². The first-order valence-electron chi connectivity index (χ1n) is 4.40. The number of hydrogen-bond acceptors (Lipinski definition) is 4. The van der Waals surface area contributed by atoms with Crippen LogP contribution in [0.4, 0.5) is 0 Å². The van der Waals surface area contributed by atoms with E-state index in [9.17, 15) is 0 Å². The van der Waals surface area contributed by atoms with Crippen LogP contribution in [0.15, 0.2) is 12.3 Å². The highest BCUT2D eigenvalue weighted by Gasteiger charge is 1.97. The van der Waals surface area contributed by atoms with E-state index >= 15 is 0 Å². The molecule has 1 aromatic rings. The largest absolute Gasteiger partial charge is 0.374 e. The highest BCUT2D eigenvalue weighted by atomic mass is 16.5. The number of aromatic nitrogens is 2. The predicted molar refractivity (Wildman–Crippen MR) is 50.1 cm³/mol. The summed E-state index contributed by atoms with van der Waals surface area (Å²) in [5.41, 5.74) is 0.993. The molecule has 72 valence electrons. The topological polar surface area (TPSA) is 47.0 Å². The number of ether oxygens (including phenoxy) is 1. The zero-order valence-corrected chi connectivity index (χ0v) is 8.08. The van der Waals surface area contributed by atoms with E-state index in [-0.39, 0.29) is 0 Å². The van der Waals surface area contributed by atoms with Gasteiger partial charge in [0, 0.05) is 19.3 Å². The third-order valence-electron chi connectivity index (χ3n) is 1.56. The lowest BCUT2D eigenvalue weighted by molar-refractivity contribution is 0.128. The molecular formula is C9H15N3O. The summed E-state index contributed by atoms with van der Waals surface area (Å²) in [6, 6.07) is 1.89. The van der Waals surface area contributed by atoms with E-state index < -0.39 is 0 Å². The molecule has 0 aromatic carbocycles. The number of hydrogen-bond donors (Lipinski definition) is 1. The second kappa shape index (κ2) is 5.61. The molecule has 0 unspecified atom stereocenters. The highest BCUT2D eigenvalue weighted by molar-refractivity contribution is 5.01. The van der Waals surface area contributed by atoms with E-state index in [2.05, 4.69) is 15.3 Å². The molecule has 4 heteroatoms. The molecule has 1 rings (SSSR count). The van der Waals surface area contributed by atoms with E-state index in [1.54, 1.807) is 6.20 Å². The molecule has 0 saturated carbocycles. The Morgan fingerprint density at radius 1 is 1.54 bits per heavy atom. The summed E-state index contributed by atoms with van der Waals surface area (Å²) in [5, 5.41) is 3.04. The second-order valence-electron chi connectivity index (χ2n) is 2.63. The molecule has 0 atom stereocenters. The van der Waals surface area contributed by atoms with Gasteiger partial charge in [0.15, 0.2) is 5.82 Å². The molecule has 1 heterocycles. The maximum absolute atomic E-state index is 5.21. The molecule has 0 aliphatic carbocycles. The van der Waals surface area contributed by atoms with Crippen molar-refractivity contribution in [1.29, 1.82) is 0 Å². The second-order valence-corrected chi connectivity index (χ2v) is 2.63. The molecule has 0 spiro atoms. The zero-order valence-electron chi connectivity index (χ0n) is 8.08. The third-order valence-corrected chi connectivity index (χ3v) is 1.56. The summed E-state index contributed by atoms with van der Waals surface area (Å²) in [6.45, 7) is 3.91. The Balaban J connectivity index is 2.56. The van der Waals surface area contributed by atoms with Gasteiger partial charge in [0.2, 0.25) is 0 Å². The van der Waals surface area contributed by atoms with Crippen molar-refractivity contribution >= 4 is 0 Å². The van der Waals surface area contributed by atoms with Gasteiger partial charge in [0.05, 0.1) is 5.69 Å². The Bertz CT molecular complexity index is 252. The lowest BCUT2D eigenvalue weighted by atomic mass is 10.4. The SMILES string of the molecule is CCOCc1nccc(CNC)n1. The maximum Gasteiger partial charge on any atom is 0.154 e. The average Bonchev–Trinajstić information content (AvgIpc) is 2.16. The molecule has 0 fully saturated rings. The van der Waals surface area contributed by atoms with Crippen LogP contribution in [0.1, 0.15) is 18.4 Å². The van der Waals surface area contributed by atoms with Gasteiger partial charge in [-0.25, -0.2) is 9.97 Å². The maximum atomic E-state index is 5.21. The van der Waals surface area contributed by atoms with E-state index in [0.29, 0.717) is 13.2 Å². The fourth-order valence-corrected chi connectivity index (χ4v) is 0.984. The van der Waals surface area contributed by atoms with Crippen molar-refractivity contribution in [2.24, 2.45) is 0 Å². The zero-order chi connectivity index (χ0) is 9.52. The highest BCUT2D eigenvalue weighted by Crippen LogP contribution is 1.96. The Labute approximate surface area is 78.4 Å². The van der Waals surface area contributed by atoms with Gasteiger partial charge >= 0.3 is 0 Å². The van der Waals surface area contributed by atoms with Gasteiger partial charge in [0.25, 0.3) is 0 Å². The summed E-state index contributed by atoms with van der Waals surface area (Å²) in [5.74, 6) is 0.745. The van der Waals surface area contributed by atoms with Crippen LogP contribution in [0.3, 0.4) is 0 Å². The number of nitrogens with zero attached hydrogens (tertiary/aromatic N) is 2. The summed E-state index contributed by atoms with van der Waals surface area (Å²) in [6.07, 6.45) is 1.76. The summed E-state index contributed by atoms with van der Waals surface area (Å²) >= 11 is 0. The molecule has 1 aromatic heterocycles. The lowest BCUT2D eigenvalue weighted by Crippen LogP contribution is -2.09. The van der Waals surface area contributed by atoms with Gasteiger partial charge in [-0.1, -0.05) is 0 Å². The van der Waals surface area contributed by atoms with Crippen molar-refractivity contribution in [2.45, 2.75) is 20.1 Å². The van der Waals surface area contributed by atoms with Crippen LogP contribution in [0.25, 0.3) is 0 Å².